The zero-order chi connectivity index (χ0) is 23.7. The van der Waals surface area contributed by atoms with Crippen LogP contribution in [0.25, 0.3) is 16.9 Å². The maximum atomic E-state index is 14.2. The number of phenolic OH excluding ortho intramolecular Hbond substituents is 1. The lowest BCUT2D eigenvalue weighted by Crippen LogP contribution is -2.20. The summed E-state index contributed by atoms with van der Waals surface area (Å²) in [4.78, 5) is 16.1. The standard InChI is InChI=1S/C25H25FN4O3/c1-4-16-10-18(31)11-19(33-13-20(27)32)22(16)24-25(29-23-14(2)6-5-7-15(23)3)30-12-17(26)8-9-21(30)28-24/h5-12,29,31H,4,13H2,1-3H3,(H2,27,32). The fourth-order valence-corrected chi connectivity index (χ4v) is 3.91. The number of anilines is 2. The number of benzene rings is 2. The third-order valence-corrected chi connectivity index (χ3v) is 5.46. The Morgan fingerprint density at radius 3 is 2.61 bits per heavy atom. The molecule has 4 rings (SSSR count). The summed E-state index contributed by atoms with van der Waals surface area (Å²) in [5, 5.41) is 13.7. The van der Waals surface area contributed by atoms with E-state index in [1.807, 2.05) is 39.0 Å². The van der Waals surface area contributed by atoms with E-state index < -0.39 is 11.7 Å². The van der Waals surface area contributed by atoms with E-state index >= 15 is 0 Å². The number of aryl methyl sites for hydroxylation is 3. The van der Waals surface area contributed by atoms with Gasteiger partial charge in [-0.15, -0.1) is 0 Å². The van der Waals surface area contributed by atoms with Crippen molar-refractivity contribution in [3.8, 4) is 22.8 Å². The van der Waals surface area contributed by atoms with Crippen LogP contribution in [0.2, 0.25) is 0 Å². The van der Waals surface area contributed by atoms with Crippen LogP contribution in [0.4, 0.5) is 15.9 Å². The number of phenols is 1. The SMILES string of the molecule is CCc1cc(O)cc(OCC(N)=O)c1-c1nc2ccc(F)cn2c1Nc1c(C)cccc1C. The number of carbonyl (C=O) groups is 1. The van der Waals surface area contributed by atoms with Gasteiger partial charge in [-0.1, -0.05) is 25.1 Å². The Bertz CT molecular complexity index is 1340. The smallest absolute Gasteiger partial charge is 0.255 e. The van der Waals surface area contributed by atoms with E-state index in [1.165, 1.54) is 18.3 Å². The number of primary amides is 1. The lowest BCUT2D eigenvalue weighted by Gasteiger charge is -2.17. The Morgan fingerprint density at radius 1 is 1.21 bits per heavy atom. The predicted octanol–water partition coefficient (Wildman–Crippen LogP) is 4.63. The molecule has 0 unspecified atom stereocenters. The number of rotatable bonds is 7. The highest BCUT2D eigenvalue weighted by Gasteiger charge is 2.23. The van der Waals surface area contributed by atoms with E-state index in [1.54, 1.807) is 16.5 Å². The average Bonchev–Trinajstić information content (AvgIpc) is 3.11. The Balaban J connectivity index is 2.00. The van der Waals surface area contributed by atoms with E-state index in [9.17, 15) is 14.3 Å². The van der Waals surface area contributed by atoms with Crippen molar-refractivity contribution < 1.29 is 19.0 Å². The van der Waals surface area contributed by atoms with Gasteiger partial charge in [-0.25, -0.2) is 9.37 Å². The number of para-hydroxylation sites is 1. The molecule has 4 aromatic rings. The number of hydrogen-bond acceptors (Lipinski definition) is 5. The minimum Gasteiger partial charge on any atom is -0.508 e. The van der Waals surface area contributed by atoms with Gasteiger partial charge in [0.15, 0.2) is 6.61 Å². The first-order valence-corrected chi connectivity index (χ1v) is 10.6. The molecule has 0 aliphatic heterocycles. The molecule has 0 radical (unpaired) electrons. The largest absolute Gasteiger partial charge is 0.508 e. The van der Waals surface area contributed by atoms with Gasteiger partial charge in [0.05, 0.1) is 0 Å². The van der Waals surface area contributed by atoms with Crippen LogP contribution in [0.5, 0.6) is 11.5 Å². The van der Waals surface area contributed by atoms with Crippen LogP contribution in [-0.2, 0) is 11.2 Å². The summed E-state index contributed by atoms with van der Waals surface area (Å²) in [5.41, 5.74) is 10.6. The molecular formula is C25H25FN4O3. The van der Waals surface area contributed by atoms with Crippen molar-refractivity contribution in [3.63, 3.8) is 0 Å². The van der Waals surface area contributed by atoms with Gasteiger partial charge in [0, 0.05) is 23.5 Å². The van der Waals surface area contributed by atoms with Crippen molar-refractivity contribution in [2.24, 2.45) is 5.73 Å². The van der Waals surface area contributed by atoms with Crippen LogP contribution in [0.3, 0.4) is 0 Å². The Morgan fingerprint density at radius 2 is 1.94 bits per heavy atom. The van der Waals surface area contributed by atoms with Gasteiger partial charge in [-0.2, -0.15) is 0 Å². The molecule has 2 heterocycles. The maximum absolute atomic E-state index is 14.2. The van der Waals surface area contributed by atoms with E-state index in [0.29, 0.717) is 29.1 Å². The van der Waals surface area contributed by atoms with Crippen molar-refractivity contribution in [2.75, 3.05) is 11.9 Å². The van der Waals surface area contributed by atoms with Crippen molar-refractivity contribution in [1.29, 1.82) is 0 Å². The first kappa shape index (κ1) is 22.1. The number of halogens is 1. The molecule has 0 saturated heterocycles. The number of amides is 1. The summed E-state index contributed by atoms with van der Waals surface area (Å²) in [5.74, 6) is -0.268. The molecule has 33 heavy (non-hydrogen) atoms. The van der Waals surface area contributed by atoms with Crippen LogP contribution >= 0.6 is 0 Å². The Kier molecular flexibility index (Phi) is 5.91. The number of nitrogens with two attached hydrogens (primary N) is 1. The molecule has 4 N–H and O–H groups in total. The first-order valence-electron chi connectivity index (χ1n) is 10.6. The number of pyridine rings is 1. The molecule has 7 nitrogen and oxygen atoms in total. The highest BCUT2D eigenvalue weighted by atomic mass is 19.1. The topological polar surface area (TPSA) is 102 Å². The number of ether oxygens (including phenoxy) is 1. The number of hydrogen-bond donors (Lipinski definition) is 3. The lowest BCUT2D eigenvalue weighted by molar-refractivity contribution is -0.119. The highest BCUT2D eigenvalue weighted by molar-refractivity contribution is 5.86. The highest BCUT2D eigenvalue weighted by Crippen LogP contribution is 2.42. The molecule has 2 aromatic carbocycles. The fourth-order valence-electron chi connectivity index (χ4n) is 3.91. The van der Waals surface area contributed by atoms with Crippen molar-refractivity contribution in [2.45, 2.75) is 27.2 Å². The van der Waals surface area contributed by atoms with Crippen LogP contribution < -0.4 is 15.8 Å². The van der Waals surface area contributed by atoms with Crippen molar-refractivity contribution >= 4 is 23.1 Å². The van der Waals surface area contributed by atoms with Gasteiger partial charge >= 0.3 is 0 Å². The summed E-state index contributed by atoms with van der Waals surface area (Å²) in [6.45, 7) is 5.54. The molecular weight excluding hydrogens is 423 g/mol. The van der Waals surface area contributed by atoms with E-state index in [0.717, 1.165) is 22.4 Å². The van der Waals surface area contributed by atoms with Crippen LogP contribution in [-0.4, -0.2) is 27.0 Å². The first-order chi connectivity index (χ1) is 15.8. The summed E-state index contributed by atoms with van der Waals surface area (Å²) in [6, 6.07) is 11.9. The molecule has 8 heteroatoms. The molecule has 0 aliphatic carbocycles. The molecule has 2 aromatic heterocycles. The van der Waals surface area contributed by atoms with Gasteiger partial charge < -0.3 is 20.9 Å². The number of imidazole rings is 1. The van der Waals surface area contributed by atoms with E-state index in [-0.39, 0.29) is 18.1 Å². The molecule has 0 spiro atoms. The number of aromatic nitrogens is 2. The summed E-state index contributed by atoms with van der Waals surface area (Å²) in [6.07, 6.45) is 1.92. The second-order valence-electron chi connectivity index (χ2n) is 7.86. The fraction of sp³-hybridized carbons (Fsp3) is 0.200. The molecule has 170 valence electrons. The molecule has 0 bridgehead atoms. The van der Waals surface area contributed by atoms with E-state index in [2.05, 4.69) is 5.32 Å². The average molecular weight is 448 g/mol. The molecule has 0 aliphatic rings. The number of nitrogens with one attached hydrogen (secondary N) is 1. The number of carbonyl (C=O) groups excluding carboxylic acids is 1. The third kappa shape index (κ3) is 4.32. The van der Waals surface area contributed by atoms with Crippen molar-refractivity contribution in [1.82, 2.24) is 9.38 Å². The van der Waals surface area contributed by atoms with Gasteiger partial charge in [0.1, 0.15) is 34.5 Å². The van der Waals surface area contributed by atoms with Crippen LogP contribution in [0, 0.1) is 19.7 Å². The molecule has 0 atom stereocenters. The minimum atomic E-state index is -0.645. The molecule has 1 amide bonds. The predicted molar refractivity (Wildman–Crippen MR) is 126 cm³/mol. The van der Waals surface area contributed by atoms with Gasteiger partial charge in [0.2, 0.25) is 0 Å². The summed E-state index contributed by atoms with van der Waals surface area (Å²) >= 11 is 0. The minimum absolute atomic E-state index is 0.00543. The van der Waals surface area contributed by atoms with E-state index in [4.69, 9.17) is 15.5 Å². The zero-order valence-corrected chi connectivity index (χ0v) is 18.6. The summed E-state index contributed by atoms with van der Waals surface area (Å²) in [7, 11) is 0. The number of fused-ring (bicyclic) bond motifs is 1. The maximum Gasteiger partial charge on any atom is 0.255 e. The van der Waals surface area contributed by atoms with Crippen LogP contribution in [0.1, 0.15) is 23.6 Å². The summed E-state index contributed by atoms with van der Waals surface area (Å²) < 4.78 is 21.5. The molecule has 0 saturated carbocycles. The molecule has 0 fully saturated rings. The monoisotopic (exact) mass is 448 g/mol. The van der Waals surface area contributed by atoms with Crippen molar-refractivity contribution in [3.05, 3.63) is 71.2 Å². The lowest BCUT2D eigenvalue weighted by atomic mass is 10.00. The van der Waals surface area contributed by atoms with Gasteiger partial charge in [0.25, 0.3) is 5.91 Å². The van der Waals surface area contributed by atoms with Gasteiger partial charge in [-0.05, 0) is 55.2 Å². The Hall–Kier alpha value is -4.07. The second-order valence-corrected chi connectivity index (χ2v) is 7.86. The zero-order valence-electron chi connectivity index (χ0n) is 18.6. The second kappa shape index (κ2) is 8.82. The quantitative estimate of drug-likeness (QED) is 0.383. The number of aromatic hydroxyl groups is 1. The normalized spacial score (nSPS) is 11.0. The third-order valence-electron chi connectivity index (χ3n) is 5.46. The van der Waals surface area contributed by atoms with Gasteiger partial charge in [-0.3, -0.25) is 9.20 Å². The van der Waals surface area contributed by atoms with Crippen LogP contribution in [0.15, 0.2) is 48.7 Å². The Labute approximate surface area is 190 Å². The number of nitrogens with zero attached hydrogens (tertiary/aromatic N) is 2.